The molecule has 0 aliphatic carbocycles. The fourth-order valence-corrected chi connectivity index (χ4v) is 7.32. The number of thiophene rings is 1. The van der Waals surface area contributed by atoms with E-state index in [0.29, 0.717) is 0 Å². The first-order valence-electron chi connectivity index (χ1n) is 7.60. The quantitative estimate of drug-likeness (QED) is 0.603. The van der Waals surface area contributed by atoms with Gasteiger partial charge in [-0.05, 0) is 39.5 Å². The van der Waals surface area contributed by atoms with Crippen molar-refractivity contribution in [1.82, 2.24) is 0 Å². The lowest BCUT2D eigenvalue weighted by molar-refractivity contribution is 1.21. The van der Waals surface area contributed by atoms with Gasteiger partial charge in [-0.15, -0.1) is 11.3 Å². The summed E-state index contributed by atoms with van der Waals surface area (Å²) in [6.07, 6.45) is 0. The summed E-state index contributed by atoms with van der Waals surface area (Å²) in [4.78, 5) is 3.70. The van der Waals surface area contributed by atoms with E-state index in [4.69, 9.17) is 0 Å². The van der Waals surface area contributed by atoms with Gasteiger partial charge in [-0.3, -0.25) is 0 Å². The molecule has 1 nitrogen and oxygen atoms in total. The van der Waals surface area contributed by atoms with Crippen molar-refractivity contribution in [2.45, 2.75) is 13.1 Å². The van der Waals surface area contributed by atoms with Gasteiger partial charge >= 0.3 is 0 Å². The van der Waals surface area contributed by atoms with Crippen LogP contribution in [0, 0.1) is 0 Å². The van der Waals surface area contributed by atoms with Crippen LogP contribution in [0.15, 0.2) is 60.0 Å². The first-order valence-corrected chi connectivity index (χ1v) is 11.5. The topological polar surface area (TPSA) is 3.24 Å². The predicted molar refractivity (Wildman–Crippen MR) is 101 cm³/mol. The van der Waals surface area contributed by atoms with Gasteiger partial charge in [-0.25, -0.2) is 0 Å². The maximum absolute atomic E-state index is 2.47. The predicted octanol–water partition coefficient (Wildman–Crippen LogP) is 4.32. The fourth-order valence-electron chi connectivity index (χ4n) is 3.49. The van der Waals surface area contributed by atoms with Crippen LogP contribution >= 0.6 is 11.3 Å². The van der Waals surface area contributed by atoms with Gasteiger partial charge in [-0.1, -0.05) is 49.5 Å². The molecule has 2 heterocycles. The molecule has 1 aliphatic heterocycles. The molecule has 1 aromatic heterocycles. The van der Waals surface area contributed by atoms with Gasteiger partial charge in [-0.2, -0.15) is 0 Å². The third kappa shape index (κ3) is 1.89. The van der Waals surface area contributed by atoms with Crippen LogP contribution in [0.1, 0.15) is 0 Å². The number of hydrogen-bond acceptors (Lipinski definition) is 2. The van der Waals surface area contributed by atoms with E-state index in [1.165, 1.54) is 27.0 Å². The Kier molecular flexibility index (Phi) is 3.03. The Hall–Kier alpha value is -1.84. The number of nitrogens with zero attached hydrogens (tertiary/aromatic N) is 1. The first-order chi connectivity index (χ1) is 10.6. The smallest absolute Gasteiger partial charge is 0.117 e. The Morgan fingerprint density at radius 2 is 1.64 bits per heavy atom. The molecule has 0 fully saturated rings. The van der Waals surface area contributed by atoms with Crippen LogP contribution in [0.3, 0.4) is 0 Å². The minimum atomic E-state index is -1.65. The largest absolute Gasteiger partial charge is 0.345 e. The van der Waals surface area contributed by atoms with Crippen LogP contribution in [0.25, 0.3) is 10.4 Å². The molecule has 0 bridgehead atoms. The highest BCUT2D eigenvalue weighted by Gasteiger charge is 2.36. The Morgan fingerprint density at radius 1 is 0.864 bits per heavy atom. The molecular weight excluding hydrogens is 302 g/mol. The van der Waals surface area contributed by atoms with Gasteiger partial charge in [0.1, 0.15) is 8.07 Å². The normalized spacial score (nSPS) is 15.3. The van der Waals surface area contributed by atoms with E-state index >= 15 is 0 Å². The minimum absolute atomic E-state index is 1.35. The third-order valence-electron chi connectivity index (χ3n) is 4.78. The lowest BCUT2D eigenvalue weighted by Crippen LogP contribution is -2.58. The molecule has 4 rings (SSSR count). The Morgan fingerprint density at radius 3 is 2.41 bits per heavy atom. The second-order valence-corrected chi connectivity index (χ2v) is 11.7. The number of fused-ring (bicyclic) bond motifs is 2. The van der Waals surface area contributed by atoms with Crippen LogP contribution in [0.2, 0.25) is 13.1 Å². The summed E-state index contributed by atoms with van der Waals surface area (Å²) in [5.41, 5.74) is 4.09. The molecule has 0 amide bonds. The Bertz CT molecular complexity index is 836. The van der Waals surface area contributed by atoms with E-state index in [0.717, 1.165) is 0 Å². The van der Waals surface area contributed by atoms with E-state index < -0.39 is 8.07 Å². The van der Waals surface area contributed by atoms with E-state index in [9.17, 15) is 0 Å². The van der Waals surface area contributed by atoms with E-state index in [1.807, 2.05) is 11.3 Å². The number of anilines is 2. The molecule has 2 aromatic carbocycles. The van der Waals surface area contributed by atoms with Crippen molar-refractivity contribution in [2.24, 2.45) is 0 Å². The maximum atomic E-state index is 2.47. The molecule has 1 aliphatic rings. The molecule has 0 spiro atoms. The number of para-hydroxylation sites is 1. The molecule has 22 heavy (non-hydrogen) atoms. The summed E-state index contributed by atoms with van der Waals surface area (Å²) in [5.74, 6) is 0. The highest BCUT2D eigenvalue weighted by molar-refractivity contribution is 7.13. The fraction of sp³-hybridized carbons (Fsp3) is 0.158. The SMILES string of the molecule is CN1c2ccccc2[Si](C)(C)c2cc(-c3cccs3)ccc21. The minimum Gasteiger partial charge on any atom is -0.345 e. The second-order valence-electron chi connectivity index (χ2n) is 6.41. The van der Waals surface area contributed by atoms with Gasteiger partial charge in [0.15, 0.2) is 0 Å². The highest BCUT2D eigenvalue weighted by Crippen LogP contribution is 2.33. The van der Waals surface area contributed by atoms with Crippen molar-refractivity contribution in [3.8, 4) is 10.4 Å². The van der Waals surface area contributed by atoms with Crippen molar-refractivity contribution in [3.05, 3.63) is 60.0 Å². The van der Waals surface area contributed by atoms with E-state index in [2.05, 4.69) is 85.0 Å². The van der Waals surface area contributed by atoms with Gasteiger partial charge < -0.3 is 4.90 Å². The summed E-state index contributed by atoms with van der Waals surface area (Å²) in [6.45, 7) is 4.94. The average Bonchev–Trinajstić information content (AvgIpc) is 3.07. The molecule has 0 N–H and O–H groups in total. The molecule has 0 radical (unpaired) electrons. The van der Waals surface area contributed by atoms with E-state index in [-0.39, 0.29) is 0 Å². The highest BCUT2D eigenvalue weighted by atomic mass is 32.1. The number of hydrogen-bond donors (Lipinski definition) is 0. The van der Waals surface area contributed by atoms with Crippen molar-refractivity contribution in [3.63, 3.8) is 0 Å². The van der Waals surface area contributed by atoms with Crippen molar-refractivity contribution >= 4 is 41.2 Å². The second kappa shape index (κ2) is 4.83. The molecule has 3 aromatic rings. The molecule has 3 heteroatoms. The lowest BCUT2D eigenvalue weighted by atomic mass is 10.1. The van der Waals surface area contributed by atoms with Gasteiger partial charge in [0, 0.05) is 23.3 Å². The summed E-state index contributed by atoms with van der Waals surface area (Å²) in [6, 6.07) is 20.2. The van der Waals surface area contributed by atoms with Gasteiger partial charge in [0.05, 0.1) is 0 Å². The standard InChI is InChI=1S/C19H19NSSi/c1-20-15-7-4-5-9-18(15)22(2,3)19-13-14(10-11-16(19)20)17-8-6-12-21-17/h4-13H,1-3H3. The van der Waals surface area contributed by atoms with E-state index in [1.54, 1.807) is 5.19 Å². The zero-order valence-electron chi connectivity index (χ0n) is 13.1. The zero-order valence-corrected chi connectivity index (χ0v) is 14.9. The van der Waals surface area contributed by atoms with Crippen LogP contribution in [0.4, 0.5) is 11.4 Å². The molecular formula is C19H19NSSi. The van der Waals surface area contributed by atoms with Crippen LogP contribution < -0.4 is 15.3 Å². The molecule has 110 valence electrons. The zero-order chi connectivity index (χ0) is 15.3. The number of benzene rings is 2. The Balaban J connectivity index is 1.95. The number of rotatable bonds is 1. The summed E-state index contributed by atoms with van der Waals surface area (Å²) in [5, 5.41) is 5.23. The average molecular weight is 322 g/mol. The van der Waals surface area contributed by atoms with Gasteiger partial charge in [0.25, 0.3) is 0 Å². The maximum Gasteiger partial charge on any atom is 0.117 e. The molecule has 0 unspecified atom stereocenters. The molecule has 0 saturated heterocycles. The summed E-state index contributed by atoms with van der Waals surface area (Å²) >= 11 is 1.82. The monoisotopic (exact) mass is 321 g/mol. The van der Waals surface area contributed by atoms with Crippen molar-refractivity contribution in [2.75, 3.05) is 11.9 Å². The van der Waals surface area contributed by atoms with Crippen LogP contribution in [-0.4, -0.2) is 15.1 Å². The van der Waals surface area contributed by atoms with Gasteiger partial charge in [0.2, 0.25) is 0 Å². The van der Waals surface area contributed by atoms with Crippen molar-refractivity contribution < 1.29 is 0 Å². The van der Waals surface area contributed by atoms with Crippen LogP contribution in [-0.2, 0) is 0 Å². The summed E-state index contributed by atoms with van der Waals surface area (Å²) in [7, 11) is 0.532. The lowest BCUT2D eigenvalue weighted by Gasteiger charge is -2.39. The first kappa shape index (κ1) is 13.8. The Labute approximate surface area is 136 Å². The van der Waals surface area contributed by atoms with Crippen molar-refractivity contribution in [1.29, 1.82) is 0 Å². The molecule has 0 atom stereocenters. The third-order valence-corrected chi connectivity index (χ3v) is 9.21. The molecule has 0 saturated carbocycles. The summed E-state index contributed by atoms with van der Waals surface area (Å²) < 4.78 is 0. The van der Waals surface area contributed by atoms with Crippen LogP contribution in [0.5, 0.6) is 0 Å².